The Morgan fingerprint density at radius 1 is 1.21 bits per heavy atom. The van der Waals surface area contributed by atoms with E-state index in [9.17, 15) is 9.59 Å². The number of benzene rings is 1. The van der Waals surface area contributed by atoms with Crippen molar-refractivity contribution in [1.29, 1.82) is 0 Å². The maximum Gasteiger partial charge on any atom is 0.303 e. The lowest BCUT2D eigenvalue weighted by molar-refractivity contribution is -0.146. The van der Waals surface area contributed by atoms with E-state index in [1.165, 1.54) is 0 Å². The maximum atomic E-state index is 12.5. The van der Waals surface area contributed by atoms with Crippen LogP contribution in [-0.2, 0) is 15.0 Å². The highest BCUT2D eigenvalue weighted by Crippen LogP contribution is 2.50. The molecule has 1 aliphatic carbocycles. The van der Waals surface area contributed by atoms with Gasteiger partial charge in [0.2, 0.25) is 5.91 Å². The van der Waals surface area contributed by atoms with Gasteiger partial charge in [-0.25, -0.2) is 0 Å². The summed E-state index contributed by atoms with van der Waals surface area (Å²) >= 11 is 0. The molecule has 0 unspecified atom stereocenters. The molecule has 4 heteroatoms. The summed E-state index contributed by atoms with van der Waals surface area (Å²) in [6.07, 6.45) is 1.99. The fourth-order valence-electron chi connectivity index (χ4n) is 2.92. The van der Waals surface area contributed by atoms with Crippen LogP contribution in [0.15, 0.2) is 30.3 Å². The second kappa shape index (κ2) is 4.37. The lowest BCUT2D eigenvalue weighted by Gasteiger charge is -2.40. The molecule has 1 saturated heterocycles. The van der Waals surface area contributed by atoms with Crippen molar-refractivity contribution < 1.29 is 14.7 Å². The van der Waals surface area contributed by atoms with Crippen LogP contribution in [0.5, 0.6) is 0 Å². The zero-order valence-corrected chi connectivity index (χ0v) is 10.7. The summed E-state index contributed by atoms with van der Waals surface area (Å²) in [5, 5.41) is 8.72. The van der Waals surface area contributed by atoms with Crippen molar-refractivity contribution in [2.75, 3.05) is 13.1 Å². The van der Waals surface area contributed by atoms with Crippen LogP contribution in [0.4, 0.5) is 0 Å². The molecule has 1 amide bonds. The van der Waals surface area contributed by atoms with Crippen LogP contribution in [0.3, 0.4) is 0 Å². The topological polar surface area (TPSA) is 57.6 Å². The van der Waals surface area contributed by atoms with Crippen molar-refractivity contribution in [1.82, 2.24) is 4.90 Å². The summed E-state index contributed by atoms with van der Waals surface area (Å²) in [6, 6.07) is 9.91. The molecule has 1 heterocycles. The standard InChI is InChI=1S/C15H17NO3/c17-13(18)8-11-9-16(10-11)14(19)15(6-7-15)12-4-2-1-3-5-12/h1-5,11H,6-10H2,(H,17,18). The highest BCUT2D eigenvalue weighted by molar-refractivity contribution is 5.92. The molecule has 0 spiro atoms. The van der Waals surface area contributed by atoms with Gasteiger partial charge in [0.1, 0.15) is 0 Å². The van der Waals surface area contributed by atoms with Crippen LogP contribution >= 0.6 is 0 Å². The van der Waals surface area contributed by atoms with Crippen LogP contribution in [-0.4, -0.2) is 35.0 Å². The van der Waals surface area contributed by atoms with Crippen LogP contribution < -0.4 is 0 Å². The molecule has 2 aliphatic rings. The predicted octanol–water partition coefficient (Wildman–Crippen LogP) is 1.65. The largest absolute Gasteiger partial charge is 0.481 e. The highest BCUT2D eigenvalue weighted by atomic mass is 16.4. The average molecular weight is 259 g/mol. The van der Waals surface area contributed by atoms with E-state index in [0.29, 0.717) is 13.1 Å². The van der Waals surface area contributed by atoms with Gasteiger partial charge in [-0.1, -0.05) is 30.3 Å². The zero-order chi connectivity index (χ0) is 13.5. The SMILES string of the molecule is O=C(O)CC1CN(C(=O)C2(c3ccccc3)CC2)C1. The molecule has 0 radical (unpaired) electrons. The second-order valence-corrected chi connectivity index (χ2v) is 5.62. The lowest BCUT2D eigenvalue weighted by atomic mass is 9.89. The van der Waals surface area contributed by atoms with Gasteiger partial charge in [0.15, 0.2) is 0 Å². The molecule has 2 fully saturated rings. The number of amides is 1. The summed E-state index contributed by atoms with van der Waals surface area (Å²) in [4.78, 5) is 24.9. The summed E-state index contributed by atoms with van der Waals surface area (Å²) < 4.78 is 0. The van der Waals surface area contributed by atoms with E-state index in [0.717, 1.165) is 18.4 Å². The minimum absolute atomic E-state index is 0.132. The van der Waals surface area contributed by atoms with Gasteiger partial charge >= 0.3 is 5.97 Å². The first-order valence-corrected chi connectivity index (χ1v) is 6.68. The number of carboxylic acids is 1. The van der Waals surface area contributed by atoms with Crippen molar-refractivity contribution >= 4 is 11.9 Å². The van der Waals surface area contributed by atoms with E-state index in [1.807, 2.05) is 35.2 Å². The second-order valence-electron chi connectivity index (χ2n) is 5.62. The molecular formula is C15H17NO3. The number of hydrogen-bond acceptors (Lipinski definition) is 2. The lowest BCUT2D eigenvalue weighted by Crippen LogP contribution is -2.53. The smallest absolute Gasteiger partial charge is 0.303 e. The van der Waals surface area contributed by atoms with Crippen LogP contribution in [0.25, 0.3) is 0 Å². The minimum Gasteiger partial charge on any atom is -0.481 e. The fraction of sp³-hybridized carbons (Fsp3) is 0.467. The molecule has 100 valence electrons. The molecule has 0 aromatic heterocycles. The third-order valence-corrected chi connectivity index (χ3v) is 4.19. The third-order valence-electron chi connectivity index (χ3n) is 4.19. The van der Waals surface area contributed by atoms with Gasteiger partial charge in [-0.05, 0) is 18.4 Å². The van der Waals surface area contributed by atoms with E-state index in [2.05, 4.69) is 0 Å². The Hall–Kier alpha value is -1.84. The Morgan fingerprint density at radius 2 is 1.84 bits per heavy atom. The zero-order valence-electron chi connectivity index (χ0n) is 10.7. The molecule has 1 aromatic carbocycles. The molecule has 19 heavy (non-hydrogen) atoms. The van der Waals surface area contributed by atoms with Crippen molar-refractivity contribution in [2.45, 2.75) is 24.7 Å². The number of carbonyl (C=O) groups excluding carboxylic acids is 1. The molecule has 1 saturated carbocycles. The van der Waals surface area contributed by atoms with Gasteiger partial charge in [0.05, 0.1) is 11.8 Å². The van der Waals surface area contributed by atoms with E-state index in [-0.39, 0.29) is 23.7 Å². The number of nitrogens with zero attached hydrogens (tertiary/aromatic N) is 1. The Balaban J connectivity index is 1.65. The van der Waals surface area contributed by atoms with Crippen LogP contribution in [0.1, 0.15) is 24.8 Å². The summed E-state index contributed by atoms with van der Waals surface area (Å²) in [5.41, 5.74) is 0.789. The molecule has 1 N–H and O–H groups in total. The Kier molecular flexibility index (Phi) is 2.81. The van der Waals surface area contributed by atoms with Crippen molar-refractivity contribution in [2.24, 2.45) is 5.92 Å². The molecule has 0 bridgehead atoms. The first-order chi connectivity index (χ1) is 9.12. The van der Waals surface area contributed by atoms with Gasteiger partial charge in [-0.15, -0.1) is 0 Å². The Labute approximate surface area is 112 Å². The first kappa shape index (κ1) is 12.2. The molecule has 1 aromatic rings. The highest BCUT2D eigenvalue weighted by Gasteiger charge is 2.54. The van der Waals surface area contributed by atoms with Crippen LogP contribution in [0.2, 0.25) is 0 Å². The van der Waals surface area contributed by atoms with E-state index in [1.54, 1.807) is 0 Å². The minimum atomic E-state index is -0.777. The van der Waals surface area contributed by atoms with Gasteiger partial charge in [-0.2, -0.15) is 0 Å². The Morgan fingerprint density at radius 3 is 2.37 bits per heavy atom. The quantitative estimate of drug-likeness (QED) is 0.894. The van der Waals surface area contributed by atoms with Gasteiger partial charge < -0.3 is 10.0 Å². The van der Waals surface area contributed by atoms with E-state index >= 15 is 0 Å². The van der Waals surface area contributed by atoms with Crippen molar-refractivity contribution in [3.05, 3.63) is 35.9 Å². The normalized spacial score (nSPS) is 20.7. The number of aliphatic carboxylic acids is 1. The molecule has 1 aliphatic heterocycles. The average Bonchev–Trinajstić information content (AvgIpc) is 3.15. The summed E-state index contributed by atoms with van der Waals surface area (Å²) in [7, 11) is 0. The molecule has 0 atom stereocenters. The predicted molar refractivity (Wildman–Crippen MR) is 69.7 cm³/mol. The van der Waals surface area contributed by atoms with Crippen molar-refractivity contribution in [3.63, 3.8) is 0 Å². The molecule has 3 rings (SSSR count). The van der Waals surface area contributed by atoms with Crippen LogP contribution in [0, 0.1) is 5.92 Å². The number of carbonyl (C=O) groups is 2. The van der Waals surface area contributed by atoms with E-state index < -0.39 is 5.97 Å². The number of likely N-dealkylation sites (tertiary alicyclic amines) is 1. The first-order valence-electron chi connectivity index (χ1n) is 6.68. The van der Waals surface area contributed by atoms with Gasteiger partial charge in [0, 0.05) is 19.0 Å². The maximum absolute atomic E-state index is 12.5. The van der Waals surface area contributed by atoms with Crippen molar-refractivity contribution in [3.8, 4) is 0 Å². The third kappa shape index (κ3) is 2.11. The molecular weight excluding hydrogens is 242 g/mol. The number of rotatable bonds is 4. The van der Waals surface area contributed by atoms with Gasteiger partial charge in [0.25, 0.3) is 0 Å². The Bertz CT molecular complexity index is 501. The molecule has 4 nitrogen and oxygen atoms in total. The number of carboxylic acid groups (broad SMARTS) is 1. The summed E-state index contributed by atoms with van der Waals surface area (Å²) in [6.45, 7) is 1.19. The van der Waals surface area contributed by atoms with E-state index in [4.69, 9.17) is 5.11 Å². The monoisotopic (exact) mass is 259 g/mol. The summed E-state index contributed by atoms with van der Waals surface area (Å²) in [5.74, 6) is -0.463. The number of hydrogen-bond donors (Lipinski definition) is 1. The van der Waals surface area contributed by atoms with Gasteiger partial charge in [-0.3, -0.25) is 9.59 Å². The fourth-order valence-corrected chi connectivity index (χ4v) is 2.92.